The van der Waals surface area contributed by atoms with E-state index in [1.54, 1.807) is 0 Å². The Bertz CT molecular complexity index is 36.2. The summed E-state index contributed by atoms with van der Waals surface area (Å²) in [5.74, 6) is 0. The fourth-order valence-corrected chi connectivity index (χ4v) is 0.224. The van der Waals surface area contributed by atoms with Crippen LogP contribution in [0.3, 0.4) is 0 Å². The van der Waals surface area contributed by atoms with Gasteiger partial charge in [0.1, 0.15) is 0 Å². The van der Waals surface area contributed by atoms with Crippen LogP contribution in [-0.4, -0.2) is 37.5 Å². The second-order valence-electron chi connectivity index (χ2n) is 1.76. The molecule has 0 atom stereocenters. The van der Waals surface area contributed by atoms with Crippen LogP contribution >= 0.6 is 0 Å². The molecule has 76 valence electrons. The molecule has 0 saturated carbocycles. The van der Waals surface area contributed by atoms with Gasteiger partial charge >= 0.3 is 0 Å². The van der Waals surface area contributed by atoms with Crippen LogP contribution in [-0.2, 0) is 0 Å². The minimum atomic E-state index is 0. The second kappa shape index (κ2) is 40.5. The molecule has 0 unspecified atom stereocenters. The third-order valence-electron chi connectivity index (χ3n) is 0.671. The zero-order valence-electron chi connectivity index (χ0n) is 8.67. The quantitative estimate of drug-likeness (QED) is 0.750. The fourth-order valence-electron chi connectivity index (χ4n) is 0.224. The molecule has 12 heavy (non-hydrogen) atoms. The summed E-state index contributed by atoms with van der Waals surface area (Å²) in [5, 5.41) is 18.7. The molecule has 0 aromatic heterocycles. The van der Waals surface area contributed by atoms with E-state index in [1.807, 2.05) is 14.0 Å². The average molecular weight is 402 g/mol. The zero-order chi connectivity index (χ0) is 9.54. The molecule has 0 fully saturated rings. The molecular formula is C8H22NO2U-. The molecule has 0 aliphatic heterocycles. The van der Waals surface area contributed by atoms with Gasteiger partial charge in [0.05, 0.1) is 0 Å². The molecule has 0 aromatic rings. The predicted molar refractivity (Wildman–Crippen MR) is 50.0 cm³/mol. The molecule has 4 heteroatoms. The number of rotatable bonds is 3. The minimum Gasteiger partial charge on any atom is -0.665 e. The van der Waals surface area contributed by atoms with Crippen LogP contribution in [0.25, 0.3) is 5.32 Å². The number of hydrogen-bond acceptors (Lipinski definition) is 2. The monoisotopic (exact) mass is 402 g/mol. The standard InChI is InChI=1S/C4H10N.C3H8O.CH4O.U/c1-3-4-5-2;1-2-3-4;1-2;/h3-4H2,1-2H3;4H,2-3H2,1H3;2H,1H3;/q-1;;;. The van der Waals surface area contributed by atoms with Crippen molar-refractivity contribution in [3.8, 4) is 0 Å². The summed E-state index contributed by atoms with van der Waals surface area (Å²) in [6.45, 7) is 5.38. The van der Waals surface area contributed by atoms with E-state index in [-0.39, 0.29) is 31.1 Å². The molecule has 3 nitrogen and oxygen atoms in total. The third-order valence-corrected chi connectivity index (χ3v) is 0.671. The van der Waals surface area contributed by atoms with Gasteiger partial charge in [-0.2, -0.15) is 7.05 Å². The zero-order valence-corrected chi connectivity index (χ0v) is 12.8. The Balaban J connectivity index is -0.0000000419. The van der Waals surface area contributed by atoms with Crippen molar-refractivity contribution in [2.24, 2.45) is 0 Å². The SMILES string of the molecule is CCCO.CCC[N-]C.CO.[U]. The van der Waals surface area contributed by atoms with Gasteiger partial charge in [-0.05, 0) is 6.42 Å². The van der Waals surface area contributed by atoms with Crippen LogP contribution in [0.2, 0.25) is 0 Å². The van der Waals surface area contributed by atoms with E-state index < -0.39 is 0 Å². The first kappa shape index (κ1) is 23.1. The number of aliphatic hydroxyl groups is 2. The van der Waals surface area contributed by atoms with Crippen molar-refractivity contribution >= 4 is 0 Å². The number of nitrogens with zero attached hydrogens (tertiary/aromatic N) is 1. The summed E-state index contributed by atoms with van der Waals surface area (Å²) in [4.78, 5) is 0. The van der Waals surface area contributed by atoms with Gasteiger partial charge in [-0.3, -0.25) is 0 Å². The molecule has 0 bridgehead atoms. The molecule has 0 heterocycles. The van der Waals surface area contributed by atoms with Crippen LogP contribution in [0, 0.1) is 31.1 Å². The van der Waals surface area contributed by atoms with Crippen molar-refractivity contribution in [2.45, 2.75) is 26.7 Å². The number of aliphatic hydroxyl groups excluding tert-OH is 2. The smallest absolute Gasteiger partial charge is 0.0428 e. The van der Waals surface area contributed by atoms with Gasteiger partial charge in [-0.25, -0.2) is 0 Å². The Morgan fingerprint density at radius 1 is 1.08 bits per heavy atom. The second-order valence-corrected chi connectivity index (χ2v) is 1.76. The molecule has 2 N–H and O–H groups in total. The summed E-state index contributed by atoms with van der Waals surface area (Å²) in [6.07, 6.45) is 2.05. The average Bonchev–Trinajstić information content (AvgIpc) is 2.10. The first-order valence-corrected chi connectivity index (χ1v) is 3.94. The summed E-state index contributed by atoms with van der Waals surface area (Å²) in [7, 11) is 2.84. The minimum absolute atomic E-state index is 0. The van der Waals surface area contributed by atoms with Crippen molar-refractivity contribution in [3.63, 3.8) is 0 Å². The van der Waals surface area contributed by atoms with Gasteiger partial charge in [0, 0.05) is 44.8 Å². The van der Waals surface area contributed by atoms with E-state index in [1.165, 1.54) is 6.42 Å². The van der Waals surface area contributed by atoms with Gasteiger partial charge in [-0.15, -0.1) is 6.54 Å². The Kier molecular flexibility index (Phi) is 77.9. The predicted octanol–water partition coefficient (Wildman–Crippen LogP) is 1.40. The Hall–Kier alpha value is 0.932. The van der Waals surface area contributed by atoms with E-state index in [9.17, 15) is 0 Å². The van der Waals surface area contributed by atoms with Gasteiger partial charge in [0.2, 0.25) is 0 Å². The van der Waals surface area contributed by atoms with Crippen molar-refractivity contribution in [3.05, 3.63) is 5.32 Å². The van der Waals surface area contributed by atoms with E-state index in [0.717, 1.165) is 20.1 Å². The summed E-state index contributed by atoms with van der Waals surface area (Å²) in [6, 6.07) is 0. The van der Waals surface area contributed by atoms with Crippen LogP contribution in [0.1, 0.15) is 26.7 Å². The Morgan fingerprint density at radius 3 is 1.42 bits per heavy atom. The van der Waals surface area contributed by atoms with Crippen molar-refractivity contribution in [1.29, 1.82) is 0 Å². The van der Waals surface area contributed by atoms with Crippen molar-refractivity contribution < 1.29 is 41.3 Å². The molecule has 0 aliphatic carbocycles. The summed E-state index contributed by atoms with van der Waals surface area (Å²) >= 11 is 0. The van der Waals surface area contributed by atoms with Crippen LogP contribution in [0.5, 0.6) is 0 Å². The van der Waals surface area contributed by atoms with Crippen LogP contribution in [0.4, 0.5) is 0 Å². The maximum atomic E-state index is 7.88. The molecule has 0 aromatic carbocycles. The topological polar surface area (TPSA) is 54.6 Å². The Morgan fingerprint density at radius 2 is 1.42 bits per heavy atom. The van der Waals surface area contributed by atoms with Gasteiger partial charge in [-0.1, -0.05) is 20.3 Å². The number of hydrogen-bond donors (Lipinski definition) is 2. The first-order chi connectivity index (χ1) is 5.33. The van der Waals surface area contributed by atoms with E-state index in [2.05, 4.69) is 12.2 Å². The molecule has 0 spiro atoms. The molecular weight excluding hydrogens is 380 g/mol. The van der Waals surface area contributed by atoms with Gasteiger partial charge in [0.25, 0.3) is 0 Å². The molecule has 0 rings (SSSR count). The van der Waals surface area contributed by atoms with Gasteiger partial charge in [0.15, 0.2) is 0 Å². The molecule has 0 amide bonds. The van der Waals surface area contributed by atoms with Crippen LogP contribution < -0.4 is 0 Å². The maximum absolute atomic E-state index is 7.88. The normalized spacial score (nSPS) is 6.50. The Labute approximate surface area is 100 Å². The van der Waals surface area contributed by atoms with Crippen molar-refractivity contribution in [2.75, 3.05) is 27.3 Å². The van der Waals surface area contributed by atoms with E-state index >= 15 is 0 Å². The van der Waals surface area contributed by atoms with E-state index in [0.29, 0.717) is 6.61 Å². The maximum Gasteiger partial charge on any atom is 0.0428 e. The molecule has 0 saturated heterocycles. The fraction of sp³-hybridized carbons (Fsp3) is 1.00. The third kappa shape index (κ3) is 69.8. The van der Waals surface area contributed by atoms with Gasteiger partial charge < -0.3 is 15.5 Å². The summed E-state index contributed by atoms with van der Waals surface area (Å²) < 4.78 is 0. The molecule has 0 radical (unpaired) electrons. The largest absolute Gasteiger partial charge is 0.665 e. The van der Waals surface area contributed by atoms with Crippen molar-refractivity contribution in [1.82, 2.24) is 0 Å². The summed E-state index contributed by atoms with van der Waals surface area (Å²) in [5.41, 5.74) is 0. The molecule has 0 aliphatic rings. The van der Waals surface area contributed by atoms with Crippen LogP contribution in [0.15, 0.2) is 0 Å². The van der Waals surface area contributed by atoms with E-state index in [4.69, 9.17) is 10.2 Å². The first-order valence-electron chi connectivity index (χ1n) is 3.94.